The van der Waals surface area contributed by atoms with Gasteiger partial charge in [-0.1, -0.05) is 36.4 Å². The van der Waals surface area contributed by atoms with E-state index in [0.717, 1.165) is 27.3 Å². The molecule has 8 N–H and O–H groups in total. The van der Waals surface area contributed by atoms with E-state index in [0.29, 0.717) is 29.9 Å². The van der Waals surface area contributed by atoms with E-state index in [1.54, 1.807) is 42.5 Å². The van der Waals surface area contributed by atoms with E-state index < -0.39 is 29.8 Å². The standard InChI is InChI=1S/C32H31N7O6/c1-45-31(44)23(12-13-25(40)36-24-15-20-5-3-2-4-19(20)14-22(24)30(42)43)37-29(41)18-9-6-17(7-10-18)8-11-21-16-35-28-26(21)27(33)38-32(34)39-28/h2-7,9-10,14-16,23H,8,11-13H2,1H3,(H,36,40)(H,37,41)(H,42,43)(H5,33,34,35,38,39)/t23-/m0/s1. The molecule has 2 heterocycles. The molecule has 13 heteroatoms. The van der Waals surface area contributed by atoms with Crippen LogP contribution in [0.2, 0.25) is 0 Å². The lowest BCUT2D eigenvalue weighted by molar-refractivity contribution is -0.143. The number of fused-ring (bicyclic) bond motifs is 2. The summed E-state index contributed by atoms with van der Waals surface area (Å²) in [5.74, 6) is -2.54. The first-order valence-corrected chi connectivity index (χ1v) is 14.1. The summed E-state index contributed by atoms with van der Waals surface area (Å²) in [6, 6.07) is 16.1. The van der Waals surface area contributed by atoms with Crippen molar-refractivity contribution in [2.24, 2.45) is 0 Å². The van der Waals surface area contributed by atoms with E-state index >= 15 is 0 Å². The number of esters is 1. The van der Waals surface area contributed by atoms with Crippen LogP contribution in [0.25, 0.3) is 21.8 Å². The number of nitrogens with one attached hydrogen (secondary N) is 3. The highest BCUT2D eigenvalue weighted by Crippen LogP contribution is 2.26. The number of anilines is 3. The first-order chi connectivity index (χ1) is 21.6. The van der Waals surface area contributed by atoms with Gasteiger partial charge in [0.1, 0.15) is 17.5 Å². The van der Waals surface area contributed by atoms with Crippen LogP contribution in [0.15, 0.2) is 66.9 Å². The number of nitrogen functional groups attached to an aromatic ring is 2. The Balaban J connectivity index is 1.19. The van der Waals surface area contributed by atoms with Crippen LogP contribution in [0.5, 0.6) is 0 Å². The number of carbonyl (C=O) groups excluding carboxylic acids is 3. The van der Waals surface area contributed by atoms with Crippen LogP contribution in [-0.4, -0.2) is 57.0 Å². The number of aromatic nitrogens is 3. The molecule has 0 fully saturated rings. The van der Waals surface area contributed by atoms with Crippen molar-refractivity contribution < 1.29 is 29.0 Å². The van der Waals surface area contributed by atoms with Gasteiger partial charge < -0.3 is 36.9 Å². The Hall–Kier alpha value is -5.98. The van der Waals surface area contributed by atoms with Gasteiger partial charge in [-0.05, 0) is 65.4 Å². The van der Waals surface area contributed by atoms with E-state index in [-0.39, 0.29) is 30.0 Å². The number of carboxylic acid groups (broad SMARTS) is 1. The normalized spacial score (nSPS) is 11.7. The van der Waals surface area contributed by atoms with Crippen molar-refractivity contribution in [3.63, 3.8) is 0 Å². The molecule has 0 aliphatic carbocycles. The van der Waals surface area contributed by atoms with Gasteiger partial charge in [-0.15, -0.1) is 0 Å². The Morgan fingerprint density at radius 3 is 2.38 bits per heavy atom. The number of H-pyrrole nitrogens is 1. The number of benzene rings is 3. The fraction of sp³-hybridized carbons (Fsp3) is 0.188. The maximum absolute atomic E-state index is 13.0. The number of nitrogens with two attached hydrogens (primary N) is 2. The molecule has 2 aromatic heterocycles. The number of aromatic carboxylic acids is 1. The molecule has 0 unspecified atom stereocenters. The number of carboxylic acids is 1. The first kappa shape index (κ1) is 30.5. The zero-order valence-corrected chi connectivity index (χ0v) is 24.3. The molecule has 0 aliphatic heterocycles. The minimum Gasteiger partial charge on any atom is -0.478 e. The highest BCUT2D eigenvalue weighted by Gasteiger charge is 2.24. The smallest absolute Gasteiger partial charge is 0.337 e. The highest BCUT2D eigenvalue weighted by atomic mass is 16.5. The summed E-state index contributed by atoms with van der Waals surface area (Å²) in [6.07, 6.45) is 2.86. The van der Waals surface area contributed by atoms with E-state index in [1.807, 2.05) is 18.3 Å². The first-order valence-electron chi connectivity index (χ1n) is 14.1. The minimum atomic E-state index is -1.19. The van der Waals surface area contributed by atoms with Gasteiger partial charge in [-0.2, -0.15) is 9.97 Å². The van der Waals surface area contributed by atoms with Gasteiger partial charge in [0.15, 0.2) is 0 Å². The number of amides is 2. The van der Waals surface area contributed by atoms with Crippen LogP contribution >= 0.6 is 0 Å². The number of ether oxygens (including phenoxy) is 1. The van der Waals surface area contributed by atoms with Crippen molar-refractivity contribution in [2.75, 3.05) is 23.9 Å². The summed E-state index contributed by atoms with van der Waals surface area (Å²) >= 11 is 0. The zero-order chi connectivity index (χ0) is 32.1. The Morgan fingerprint density at radius 2 is 1.69 bits per heavy atom. The van der Waals surface area contributed by atoms with Gasteiger partial charge >= 0.3 is 11.9 Å². The molecule has 1 atom stereocenters. The molecule has 0 spiro atoms. The lowest BCUT2D eigenvalue weighted by atomic mass is 10.0. The molecule has 0 bridgehead atoms. The summed E-state index contributed by atoms with van der Waals surface area (Å²) in [5.41, 5.74) is 14.6. The van der Waals surface area contributed by atoms with Gasteiger partial charge in [-0.25, -0.2) is 9.59 Å². The van der Waals surface area contributed by atoms with E-state index in [4.69, 9.17) is 16.2 Å². The predicted octanol–water partition coefficient (Wildman–Crippen LogP) is 3.45. The molecule has 5 aromatic rings. The lowest BCUT2D eigenvalue weighted by Crippen LogP contribution is -2.42. The van der Waals surface area contributed by atoms with Crippen LogP contribution in [-0.2, 0) is 27.2 Å². The van der Waals surface area contributed by atoms with Gasteiger partial charge in [0, 0.05) is 18.2 Å². The molecule has 230 valence electrons. The maximum Gasteiger partial charge on any atom is 0.337 e. The Bertz CT molecular complexity index is 1920. The van der Waals surface area contributed by atoms with Crippen molar-refractivity contribution >= 4 is 63.0 Å². The van der Waals surface area contributed by atoms with Crippen molar-refractivity contribution in [2.45, 2.75) is 31.7 Å². The van der Waals surface area contributed by atoms with Gasteiger partial charge in [0.25, 0.3) is 5.91 Å². The molecule has 45 heavy (non-hydrogen) atoms. The molecule has 0 saturated heterocycles. The molecular weight excluding hydrogens is 578 g/mol. The number of aryl methyl sites for hydroxylation is 2. The van der Waals surface area contributed by atoms with E-state index in [2.05, 4.69) is 25.6 Å². The number of hydrogen-bond donors (Lipinski definition) is 6. The van der Waals surface area contributed by atoms with Crippen LogP contribution in [0.4, 0.5) is 17.5 Å². The molecular formula is C32H31N7O6. The van der Waals surface area contributed by atoms with Crippen molar-refractivity contribution in [3.05, 3.63) is 89.1 Å². The predicted molar refractivity (Wildman–Crippen MR) is 169 cm³/mol. The van der Waals surface area contributed by atoms with Gasteiger partial charge in [-0.3, -0.25) is 9.59 Å². The number of rotatable bonds is 11. The summed E-state index contributed by atoms with van der Waals surface area (Å²) in [7, 11) is 1.19. The largest absolute Gasteiger partial charge is 0.478 e. The highest BCUT2D eigenvalue weighted by molar-refractivity contribution is 6.05. The summed E-state index contributed by atoms with van der Waals surface area (Å²) in [5, 5.41) is 17.1. The summed E-state index contributed by atoms with van der Waals surface area (Å²) in [4.78, 5) is 61.3. The van der Waals surface area contributed by atoms with Crippen LogP contribution in [0, 0.1) is 0 Å². The van der Waals surface area contributed by atoms with Crippen molar-refractivity contribution in [1.29, 1.82) is 0 Å². The molecule has 0 radical (unpaired) electrons. The van der Waals surface area contributed by atoms with Crippen LogP contribution in [0.1, 0.15) is 44.7 Å². The maximum atomic E-state index is 13.0. The number of aromatic amines is 1. The number of hydrogen-bond acceptors (Lipinski definition) is 9. The summed E-state index contributed by atoms with van der Waals surface area (Å²) < 4.78 is 4.84. The summed E-state index contributed by atoms with van der Waals surface area (Å²) in [6.45, 7) is 0. The molecule has 0 saturated carbocycles. The third-order valence-corrected chi connectivity index (χ3v) is 7.40. The molecule has 3 aromatic carbocycles. The minimum absolute atomic E-state index is 0.0619. The third kappa shape index (κ3) is 6.99. The number of carbonyl (C=O) groups is 4. The molecule has 0 aliphatic rings. The van der Waals surface area contributed by atoms with Gasteiger partial charge in [0.05, 0.1) is 23.7 Å². The van der Waals surface area contributed by atoms with Crippen molar-refractivity contribution in [1.82, 2.24) is 20.3 Å². The molecule has 13 nitrogen and oxygen atoms in total. The molecule has 5 rings (SSSR count). The average molecular weight is 610 g/mol. The zero-order valence-electron chi connectivity index (χ0n) is 24.3. The fourth-order valence-corrected chi connectivity index (χ4v) is 5.09. The monoisotopic (exact) mass is 609 g/mol. The number of nitrogens with zero attached hydrogens (tertiary/aromatic N) is 2. The third-order valence-electron chi connectivity index (χ3n) is 7.40. The van der Waals surface area contributed by atoms with Gasteiger partial charge in [0.2, 0.25) is 11.9 Å². The Labute approximate surface area is 257 Å². The number of methoxy groups -OCH3 is 1. The Morgan fingerprint density at radius 1 is 0.978 bits per heavy atom. The second-order valence-electron chi connectivity index (χ2n) is 10.4. The van der Waals surface area contributed by atoms with Crippen LogP contribution in [0.3, 0.4) is 0 Å². The second-order valence-corrected chi connectivity index (χ2v) is 10.4. The van der Waals surface area contributed by atoms with E-state index in [1.165, 1.54) is 13.2 Å². The second kappa shape index (κ2) is 13.1. The fourth-order valence-electron chi connectivity index (χ4n) is 5.09. The van der Waals surface area contributed by atoms with Crippen LogP contribution < -0.4 is 22.1 Å². The molecule has 2 amide bonds. The lowest BCUT2D eigenvalue weighted by Gasteiger charge is -2.17. The van der Waals surface area contributed by atoms with E-state index in [9.17, 15) is 24.3 Å². The van der Waals surface area contributed by atoms with Crippen molar-refractivity contribution in [3.8, 4) is 0 Å². The topological polar surface area (TPSA) is 215 Å². The SMILES string of the molecule is COC(=O)[C@H](CCC(=O)Nc1cc2ccccc2cc1C(=O)O)NC(=O)c1ccc(CCc2c[nH]c3nc(N)nc(N)c23)cc1. The quantitative estimate of drug-likeness (QED) is 0.120. The average Bonchev–Trinajstić information content (AvgIpc) is 3.44. The Kier molecular flexibility index (Phi) is 8.89.